The lowest BCUT2D eigenvalue weighted by Gasteiger charge is -2.33. The number of rotatable bonds is 17. The number of hydrogen-bond acceptors (Lipinski definition) is 9. The molecular weight excluding hydrogens is 836 g/mol. The van der Waals surface area contributed by atoms with Gasteiger partial charge in [-0.2, -0.15) is 20.8 Å². The Balaban J connectivity index is 1.12. The monoisotopic (exact) mass is 876 g/mol. The lowest BCUT2D eigenvalue weighted by atomic mass is 9.89. The summed E-state index contributed by atoms with van der Waals surface area (Å²) in [6.07, 6.45) is 14.4. The topological polar surface area (TPSA) is 137 Å². The lowest BCUT2D eigenvalue weighted by molar-refractivity contribution is -0.139. The molecule has 0 saturated carbocycles. The zero-order valence-corrected chi connectivity index (χ0v) is 33.6. The number of carbonyl (C=O) groups is 1. The highest BCUT2D eigenvalue weighted by Crippen LogP contribution is 2.37. The first-order chi connectivity index (χ1) is 22.3. The molecule has 10 nitrogen and oxygen atoms in total. The van der Waals surface area contributed by atoms with E-state index >= 15 is 0 Å². The summed E-state index contributed by atoms with van der Waals surface area (Å²) >= 11 is 15.4. The quantitative estimate of drug-likeness (QED) is 0.155. The van der Waals surface area contributed by atoms with E-state index in [1.807, 2.05) is 6.26 Å². The van der Waals surface area contributed by atoms with E-state index in [0.29, 0.717) is 54.0 Å². The number of anilines is 1. The number of halogens is 3. The molecule has 0 radical (unpaired) electrons. The van der Waals surface area contributed by atoms with E-state index < -0.39 is 32.1 Å². The Kier molecular flexibility index (Phi) is 15.2. The molecule has 2 aliphatic rings. The predicted octanol–water partition coefficient (Wildman–Crippen LogP) is 7.46. The fourth-order valence-corrected chi connectivity index (χ4v) is 12.5. The van der Waals surface area contributed by atoms with Gasteiger partial charge in [0.25, 0.3) is 10.0 Å². The number of thiophene rings is 1. The Bertz CT molecular complexity index is 1540. The average molecular weight is 879 g/mol. The van der Waals surface area contributed by atoms with Gasteiger partial charge in [0.15, 0.2) is 0 Å². The molecule has 1 atom stereocenters. The van der Waals surface area contributed by atoms with E-state index in [2.05, 4.69) is 46.5 Å². The molecular formula is C30H43Br2ClN4O6S4. The van der Waals surface area contributed by atoms with Crippen molar-refractivity contribution in [1.29, 1.82) is 0 Å². The van der Waals surface area contributed by atoms with Crippen LogP contribution in [0.2, 0.25) is 4.34 Å². The van der Waals surface area contributed by atoms with Gasteiger partial charge in [0.2, 0.25) is 10.0 Å². The Hall–Kier alpha value is -0.460. The summed E-state index contributed by atoms with van der Waals surface area (Å²) in [6, 6.07) is 1.90. The van der Waals surface area contributed by atoms with Gasteiger partial charge >= 0.3 is 5.97 Å². The number of nitrogens with zero attached hydrogens (tertiary/aromatic N) is 3. The maximum atomic E-state index is 13.0. The first-order valence-electron chi connectivity index (χ1n) is 15.9. The van der Waals surface area contributed by atoms with Crippen LogP contribution in [0.25, 0.3) is 0 Å². The first kappa shape index (κ1) is 39.3. The highest BCUT2D eigenvalue weighted by atomic mass is 79.9. The zero-order chi connectivity index (χ0) is 34.2. The summed E-state index contributed by atoms with van der Waals surface area (Å²) in [5.41, 5.74) is 0. The Labute approximate surface area is 309 Å². The van der Waals surface area contributed by atoms with Crippen molar-refractivity contribution in [2.45, 2.75) is 85.8 Å². The van der Waals surface area contributed by atoms with Gasteiger partial charge in [-0.05, 0) is 99.9 Å². The third-order valence-corrected chi connectivity index (χ3v) is 16.5. The number of pyridine rings is 1. The van der Waals surface area contributed by atoms with Crippen molar-refractivity contribution in [3.63, 3.8) is 0 Å². The zero-order valence-electron chi connectivity index (χ0n) is 26.4. The van der Waals surface area contributed by atoms with Crippen molar-refractivity contribution in [2.75, 3.05) is 43.1 Å². The minimum Gasteiger partial charge on any atom is -0.480 e. The molecule has 0 aromatic carbocycles. The van der Waals surface area contributed by atoms with E-state index in [1.165, 1.54) is 56.1 Å². The van der Waals surface area contributed by atoms with Crippen LogP contribution in [0.5, 0.6) is 0 Å². The van der Waals surface area contributed by atoms with Gasteiger partial charge in [-0.25, -0.2) is 21.8 Å². The molecule has 0 spiro atoms. The van der Waals surface area contributed by atoms with Crippen molar-refractivity contribution in [3.05, 3.63) is 31.6 Å². The molecule has 2 saturated heterocycles. The van der Waals surface area contributed by atoms with Crippen LogP contribution in [0.3, 0.4) is 0 Å². The summed E-state index contributed by atoms with van der Waals surface area (Å²) in [5.74, 6) is 1.27. The summed E-state index contributed by atoms with van der Waals surface area (Å²) in [5, 5.41) is 9.42. The van der Waals surface area contributed by atoms with E-state index in [-0.39, 0.29) is 11.3 Å². The molecule has 4 rings (SSSR count). The number of nitrogens with one attached hydrogen (secondary N) is 1. The highest BCUT2D eigenvalue weighted by molar-refractivity contribution is 9.11. The van der Waals surface area contributed by atoms with Gasteiger partial charge in [0.1, 0.15) is 25.3 Å². The van der Waals surface area contributed by atoms with Crippen LogP contribution >= 0.6 is 66.6 Å². The van der Waals surface area contributed by atoms with Crippen LogP contribution in [-0.4, -0.2) is 81.4 Å². The van der Waals surface area contributed by atoms with Crippen LogP contribution < -0.4 is 9.62 Å². The molecule has 264 valence electrons. The second-order valence-electron chi connectivity index (χ2n) is 12.2. The molecule has 2 aromatic rings. The van der Waals surface area contributed by atoms with Crippen LogP contribution in [0, 0.1) is 11.8 Å². The van der Waals surface area contributed by atoms with Gasteiger partial charge in [-0.15, -0.1) is 11.3 Å². The molecule has 0 bridgehead atoms. The Morgan fingerprint density at radius 1 is 1.02 bits per heavy atom. The number of sulfonamides is 2. The van der Waals surface area contributed by atoms with E-state index in [9.17, 15) is 26.7 Å². The molecule has 47 heavy (non-hydrogen) atoms. The molecule has 4 heterocycles. The highest BCUT2D eigenvalue weighted by Gasteiger charge is 2.31. The Morgan fingerprint density at radius 2 is 1.62 bits per heavy atom. The molecule has 0 aliphatic carbocycles. The number of thioether (sulfide) groups is 1. The van der Waals surface area contributed by atoms with Gasteiger partial charge in [-0.1, -0.05) is 50.1 Å². The van der Waals surface area contributed by atoms with Gasteiger partial charge < -0.3 is 10.0 Å². The molecule has 0 amide bonds. The normalized spacial score (nSPS) is 18.1. The van der Waals surface area contributed by atoms with E-state index in [0.717, 1.165) is 56.5 Å². The second kappa shape index (κ2) is 18.2. The van der Waals surface area contributed by atoms with Gasteiger partial charge in [0, 0.05) is 36.8 Å². The average Bonchev–Trinajstić information content (AvgIpc) is 3.39. The van der Waals surface area contributed by atoms with Crippen LogP contribution in [0.4, 0.5) is 5.82 Å². The summed E-state index contributed by atoms with van der Waals surface area (Å²) in [4.78, 5) is 18.1. The maximum absolute atomic E-state index is 13.0. The standard InChI is InChI=1S/C30H43Br2ClN4O6S4/c1-44-17-12-26(30(38)39)35-46(40,41)23-18-25(32)29(34-20-23)36-13-8-21(9-14-36)6-4-2-3-5-7-22-10-15-37(16-11-22)47(42,43)27-19-24(31)28(33)45-27/h18-22,26,35H,2-17H2,1H3,(H,38,39). The summed E-state index contributed by atoms with van der Waals surface area (Å²) in [6.45, 7) is 2.83. The Morgan fingerprint density at radius 3 is 2.13 bits per heavy atom. The fourth-order valence-electron chi connectivity index (χ4n) is 6.19. The minimum absolute atomic E-state index is 0.0646. The fraction of sp³-hybridized carbons (Fsp3) is 0.667. The van der Waals surface area contributed by atoms with E-state index in [1.54, 1.807) is 10.4 Å². The van der Waals surface area contributed by atoms with Crippen LogP contribution in [0.15, 0.2) is 36.4 Å². The van der Waals surface area contributed by atoms with Crippen LogP contribution in [0.1, 0.15) is 70.6 Å². The largest absolute Gasteiger partial charge is 0.480 e. The minimum atomic E-state index is -4.03. The van der Waals surface area contributed by atoms with Crippen LogP contribution in [-0.2, 0) is 24.8 Å². The molecule has 2 N–H and O–H groups in total. The molecule has 2 aliphatic heterocycles. The second-order valence-corrected chi connectivity index (χ2v) is 20.5. The molecule has 2 aromatic heterocycles. The van der Waals surface area contributed by atoms with Gasteiger partial charge in [-0.3, -0.25) is 4.79 Å². The molecule has 1 unspecified atom stereocenters. The van der Waals surface area contributed by atoms with Crippen molar-refractivity contribution in [1.82, 2.24) is 14.0 Å². The third kappa shape index (κ3) is 11.0. The molecule has 2 fully saturated rings. The van der Waals surface area contributed by atoms with Crippen molar-refractivity contribution in [3.8, 4) is 0 Å². The number of hydrogen-bond donors (Lipinski definition) is 2. The lowest BCUT2D eigenvalue weighted by Crippen LogP contribution is -2.41. The SMILES string of the molecule is CSCCC(NS(=O)(=O)c1cnc(N2CCC(CCCCCCC3CCN(S(=O)(=O)c4cc(Br)c(Cl)s4)CC3)CC2)c(Br)c1)C(=O)O. The van der Waals surface area contributed by atoms with Crippen molar-refractivity contribution >= 4 is 98.4 Å². The predicted molar refractivity (Wildman–Crippen MR) is 198 cm³/mol. The van der Waals surface area contributed by atoms with E-state index in [4.69, 9.17) is 11.6 Å². The number of aromatic nitrogens is 1. The maximum Gasteiger partial charge on any atom is 0.321 e. The third-order valence-electron chi connectivity index (χ3n) is 8.99. The number of aliphatic carboxylic acids is 1. The van der Waals surface area contributed by atoms with Gasteiger partial charge in [0.05, 0.1) is 4.47 Å². The summed E-state index contributed by atoms with van der Waals surface area (Å²) < 4.78 is 57.5. The number of unbranched alkanes of at least 4 members (excludes halogenated alkanes) is 3. The smallest absolute Gasteiger partial charge is 0.321 e. The number of carboxylic acid groups (broad SMARTS) is 1. The number of piperidine rings is 2. The van der Waals surface area contributed by atoms with Crippen molar-refractivity contribution in [2.24, 2.45) is 11.8 Å². The van der Waals surface area contributed by atoms with Crippen molar-refractivity contribution < 1.29 is 26.7 Å². The number of carboxylic acids is 1. The molecule has 17 heteroatoms. The first-order valence-corrected chi connectivity index (χ1v) is 23.0. The summed E-state index contributed by atoms with van der Waals surface area (Å²) in [7, 11) is -7.52.